The molecule has 1 heterocycles. The number of hydrogen-bond donors (Lipinski definition) is 1. The van der Waals surface area contributed by atoms with Gasteiger partial charge in [-0.25, -0.2) is 0 Å². The number of aromatic amines is 1. The molecule has 0 fully saturated rings. The van der Waals surface area contributed by atoms with E-state index in [1.165, 1.54) is 0 Å². The zero-order chi connectivity index (χ0) is 19.5. The summed E-state index contributed by atoms with van der Waals surface area (Å²) in [7, 11) is 0. The highest BCUT2D eigenvalue weighted by Gasteiger charge is 2.09. The summed E-state index contributed by atoms with van der Waals surface area (Å²) in [5.41, 5.74) is 5.52. The van der Waals surface area contributed by atoms with E-state index in [9.17, 15) is 4.79 Å². The van der Waals surface area contributed by atoms with Crippen molar-refractivity contribution in [1.82, 2.24) is 4.98 Å². The minimum Gasteiger partial charge on any atom is -0.358 e. The van der Waals surface area contributed by atoms with Crippen LogP contribution in [-0.4, -0.2) is 11.3 Å². The maximum Gasteiger partial charge on any atom is 0.151 e. The molecule has 0 radical (unpaired) electrons. The zero-order valence-corrected chi connectivity index (χ0v) is 16.9. The molecule has 2 aromatic rings. The third kappa shape index (κ3) is 5.89. The third-order valence-corrected chi connectivity index (χ3v) is 4.01. The number of carbonyl (C=O) groups is 1. The molecule has 0 bridgehead atoms. The first-order valence-electron chi connectivity index (χ1n) is 9.05. The van der Waals surface area contributed by atoms with Crippen LogP contribution in [0.15, 0.2) is 55.1 Å². The largest absolute Gasteiger partial charge is 0.358 e. The number of carbonyl (C=O) groups excluding carboxylic acids is 1. The molecule has 1 N–H and O–H groups in total. The molecule has 0 aliphatic heterocycles. The van der Waals surface area contributed by atoms with Crippen molar-refractivity contribution in [1.29, 1.82) is 0 Å². The van der Waals surface area contributed by atoms with Crippen molar-refractivity contribution in [2.24, 2.45) is 0 Å². The SMILES string of the molecule is C=C(/C=C(\C=C/C)c1cc(C=O)c(CCC)[nH]1)c1ccc(Cl)cc1.CC. The average Bonchev–Trinajstić information content (AvgIpc) is 3.07. The van der Waals surface area contributed by atoms with Crippen LogP contribution in [0.2, 0.25) is 5.02 Å². The van der Waals surface area contributed by atoms with E-state index in [1.54, 1.807) is 0 Å². The summed E-state index contributed by atoms with van der Waals surface area (Å²) >= 11 is 5.94. The van der Waals surface area contributed by atoms with E-state index < -0.39 is 0 Å². The van der Waals surface area contributed by atoms with E-state index in [2.05, 4.69) is 18.5 Å². The minimum atomic E-state index is 0.702. The lowest BCUT2D eigenvalue weighted by molar-refractivity contribution is 0.112. The summed E-state index contributed by atoms with van der Waals surface area (Å²) in [6, 6.07) is 9.50. The molecule has 2 nitrogen and oxygen atoms in total. The van der Waals surface area contributed by atoms with Gasteiger partial charge in [0.1, 0.15) is 0 Å². The van der Waals surface area contributed by atoms with Crippen molar-refractivity contribution < 1.29 is 4.79 Å². The van der Waals surface area contributed by atoms with Crippen molar-refractivity contribution in [2.45, 2.75) is 40.5 Å². The van der Waals surface area contributed by atoms with Crippen molar-refractivity contribution >= 4 is 29.0 Å². The number of hydrogen-bond acceptors (Lipinski definition) is 1. The Bertz CT molecular complexity index is 779. The van der Waals surface area contributed by atoms with Gasteiger partial charge in [0.2, 0.25) is 0 Å². The van der Waals surface area contributed by atoms with Crippen molar-refractivity contribution in [3.63, 3.8) is 0 Å². The van der Waals surface area contributed by atoms with Crippen LogP contribution in [0.3, 0.4) is 0 Å². The Hall–Kier alpha value is -2.32. The fraction of sp³-hybridized carbons (Fsp3) is 0.261. The van der Waals surface area contributed by atoms with E-state index in [0.29, 0.717) is 5.02 Å². The van der Waals surface area contributed by atoms with Crippen LogP contribution in [0, 0.1) is 0 Å². The van der Waals surface area contributed by atoms with E-state index in [4.69, 9.17) is 11.6 Å². The fourth-order valence-electron chi connectivity index (χ4n) is 2.56. The summed E-state index contributed by atoms with van der Waals surface area (Å²) in [5.74, 6) is 0. The maximum absolute atomic E-state index is 11.3. The normalized spacial score (nSPS) is 11.2. The fourth-order valence-corrected chi connectivity index (χ4v) is 2.69. The summed E-state index contributed by atoms with van der Waals surface area (Å²) in [4.78, 5) is 14.7. The maximum atomic E-state index is 11.3. The summed E-state index contributed by atoms with van der Waals surface area (Å²) in [6.45, 7) is 12.2. The van der Waals surface area contributed by atoms with Gasteiger partial charge >= 0.3 is 0 Å². The molecule has 0 saturated carbocycles. The monoisotopic (exact) mass is 369 g/mol. The van der Waals surface area contributed by atoms with Crippen LogP contribution in [0.5, 0.6) is 0 Å². The molecule has 3 heteroatoms. The number of H-pyrrole nitrogens is 1. The number of aryl methyl sites for hydroxylation is 1. The van der Waals surface area contributed by atoms with Crippen LogP contribution in [0.4, 0.5) is 0 Å². The van der Waals surface area contributed by atoms with Gasteiger partial charge in [-0.2, -0.15) is 0 Å². The van der Waals surface area contributed by atoms with Crippen LogP contribution >= 0.6 is 11.6 Å². The molecule has 0 aliphatic rings. The first-order valence-corrected chi connectivity index (χ1v) is 9.43. The predicted octanol–water partition coefficient (Wildman–Crippen LogP) is 7.13. The molecule has 0 amide bonds. The molecule has 0 saturated heterocycles. The highest BCUT2D eigenvalue weighted by Crippen LogP contribution is 2.25. The molecule has 1 aromatic carbocycles. The smallest absolute Gasteiger partial charge is 0.151 e. The molecule has 0 unspecified atom stereocenters. The number of aromatic nitrogens is 1. The summed E-state index contributed by atoms with van der Waals surface area (Å²) in [5, 5.41) is 0.702. The number of allylic oxidation sites excluding steroid dienone is 5. The Morgan fingerprint density at radius 1 is 1.23 bits per heavy atom. The first-order chi connectivity index (χ1) is 12.6. The van der Waals surface area contributed by atoms with E-state index in [-0.39, 0.29) is 0 Å². The molecular weight excluding hydrogens is 342 g/mol. The Morgan fingerprint density at radius 3 is 2.42 bits per heavy atom. The van der Waals surface area contributed by atoms with Gasteiger partial charge in [0.15, 0.2) is 6.29 Å². The second-order valence-corrected chi connectivity index (χ2v) is 6.05. The Balaban J connectivity index is 0.00000163. The van der Waals surface area contributed by atoms with Gasteiger partial charge in [-0.1, -0.05) is 69.7 Å². The predicted molar refractivity (Wildman–Crippen MR) is 115 cm³/mol. The van der Waals surface area contributed by atoms with Gasteiger partial charge < -0.3 is 4.98 Å². The standard InChI is InChI=1S/C21H22ClNO.C2H6/c1-4-6-17(12-15(3)16-8-10-19(22)11-9-16)21-13-18(14-24)20(23-21)7-5-2;1-2/h4,6,8-14,23H,3,5,7H2,1-2H3;1-2H3/b6-4-,17-12+;. The minimum absolute atomic E-state index is 0.702. The molecular formula is C23H28ClNO. The number of benzene rings is 1. The van der Waals surface area contributed by atoms with Gasteiger partial charge in [-0.3, -0.25) is 4.79 Å². The van der Waals surface area contributed by atoms with E-state index >= 15 is 0 Å². The zero-order valence-electron chi connectivity index (χ0n) is 16.1. The van der Waals surface area contributed by atoms with Crippen molar-refractivity contribution in [3.8, 4) is 0 Å². The van der Waals surface area contributed by atoms with Gasteiger partial charge in [0, 0.05) is 22.0 Å². The molecule has 138 valence electrons. The lowest BCUT2D eigenvalue weighted by atomic mass is 10.0. The van der Waals surface area contributed by atoms with Gasteiger partial charge in [0.25, 0.3) is 0 Å². The van der Waals surface area contributed by atoms with E-state index in [1.807, 2.05) is 69.3 Å². The number of nitrogens with one attached hydrogen (secondary N) is 1. The van der Waals surface area contributed by atoms with Crippen LogP contribution in [-0.2, 0) is 6.42 Å². The molecule has 1 aromatic heterocycles. The number of halogens is 1. The molecule has 0 spiro atoms. The summed E-state index contributed by atoms with van der Waals surface area (Å²) < 4.78 is 0. The molecule has 0 atom stereocenters. The molecule has 26 heavy (non-hydrogen) atoms. The lowest BCUT2D eigenvalue weighted by Crippen LogP contribution is -1.89. The Labute approximate surface area is 162 Å². The van der Waals surface area contributed by atoms with Gasteiger partial charge in [0.05, 0.1) is 0 Å². The highest BCUT2D eigenvalue weighted by atomic mass is 35.5. The van der Waals surface area contributed by atoms with Crippen molar-refractivity contribution in [3.05, 3.63) is 82.7 Å². The van der Waals surface area contributed by atoms with Gasteiger partial charge in [-0.05, 0) is 54.3 Å². The second kappa shape index (κ2) is 11.3. The quantitative estimate of drug-likeness (QED) is 0.408. The Morgan fingerprint density at radius 2 is 1.88 bits per heavy atom. The second-order valence-electron chi connectivity index (χ2n) is 5.62. The van der Waals surface area contributed by atoms with Crippen LogP contribution in [0.1, 0.15) is 61.4 Å². The van der Waals surface area contributed by atoms with Gasteiger partial charge in [-0.15, -0.1) is 0 Å². The van der Waals surface area contributed by atoms with E-state index in [0.717, 1.165) is 52.8 Å². The number of aldehydes is 1. The molecule has 0 aliphatic carbocycles. The third-order valence-electron chi connectivity index (χ3n) is 3.76. The van der Waals surface area contributed by atoms with Crippen LogP contribution in [0.25, 0.3) is 11.1 Å². The average molecular weight is 370 g/mol. The summed E-state index contributed by atoms with van der Waals surface area (Å²) in [6.07, 6.45) is 8.75. The van der Waals surface area contributed by atoms with Crippen molar-refractivity contribution in [2.75, 3.05) is 0 Å². The topological polar surface area (TPSA) is 32.9 Å². The lowest BCUT2D eigenvalue weighted by Gasteiger charge is -2.05. The van der Waals surface area contributed by atoms with Crippen LogP contribution < -0.4 is 0 Å². The first kappa shape index (κ1) is 21.7. The molecule has 2 rings (SSSR count). The Kier molecular flexibility index (Phi) is 9.46. The number of rotatable bonds is 7. The highest BCUT2D eigenvalue weighted by molar-refractivity contribution is 6.30.